The molecule has 23 heavy (non-hydrogen) atoms. The fourth-order valence-electron chi connectivity index (χ4n) is 1.76. The van der Waals surface area contributed by atoms with Crippen LogP contribution in [0, 0.1) is 0 Å². The third-order valence-corrected chi connectivity index (χ3v) is 3.91. The third kappa shape index (κ3) is 7.23. The predicted molar refractivity (Wildman–Crippen MR) is 87.6 cm³/mol. The molecule has 0 bridgehead atoms. The average molecular weight is 339 g/mol. The van der Waals surface area contributed by atoms with Gasteiger partial charge in [-0.05, 0) is 25.1 Å². The van der Waals surface area contributed by atoms with Crippen LogP contribution in [0.1, 0.15) is 6.92 Å². The number of benzene rings is 1. The first kappa shape index (κ1) is 19.1. The van der Waals surface area contributed by atoms with Crippen molar-refractivity contribution >= 4 is 15.9 Å². The lowest BCUT2D eigenvalue weighted by Gasteiger charge is -2.21. The van der Waals surface area contributed by atoms with Crippen molar-refractivity contribution in [1.82, 2.24) is 4.90 Å². The Kier molecular flexibility index (Phi) is 7.67. The lowest BCUT2D eigenvalue weighted by Crippen LogP contribution is -2.24. The van der Waals surface area contributed by atoms with Gasteiger partial charge in [0, 0.05) is 32.0 Å². The second-order valence-corrected chi connectivity index (χ2v) is 6.23. The van der Waals surface area contributed by atoms with E-state index in [0.717, 1.165) is 18.7 Å². The van der Waals surface area contributed by atoms with Gasteiger partial charge in [0.15, 0.2) is 5.78 Å². The molecule has 1 N–H and O–H groups in total. The Balaban J connectivity index is 0.000000238. The fraction of sp³-hybridized carbons (Fsp3) is 0.312. The van der Waals surface area contributed by atoms with Crippen molar-refractivity contribution in [2.75, 3.05) is 26.8 Å². The molecule has 126 valence electrons. The molecule has 1 heterocycles. The van der Waals surface area contributed by atoms with Crippen LogP contribution in [0.4, 0.5) is 0 Å². The SMILES string of the molecule is COCCN1C=CC(C(C)=O)=CC1.O=S(=O)(O)c1ccccc1. The van der Waals surface area contributed by atoms with Crippen LogP contribution in [0.25, 0.3) is 0 Å². The Labute approximate surface area is 136 Å². The molecular formula is C16H21NO5S. The van der Waals surface area contributed by atoms with Gasteiger partial charge in [0.05, 0.1) is 11.5 Å². The highest BCUT2D eigenvalue weighted by Gasteiger charge is 2.07. The van der Waals surface area contributed by atoms with E-state index in [1.807, 2.05) is 18.4 Å². The Morgan fingerprint density at radius 3 is 2.35 bits per heavy atom. The van der Waals surface area contributed by atoms with Crippen molar-refractivity contribution in [2.45, 2.75) is 11.8 Å². The molecule has 0 amide bonds. The maximum atomic E-state index is 11.0. The molecule has 6 nitrogen and oxygen atoms in total. The largest absolute Gasteiger partial charge is 0.383 e. The van der Waals surface area contributed by atoms with E-state index in [2.05, 4.69) is 4.90 Å². The molecule has 0 atom stereocenters. The molecule has 0 unspecified atom stereocenters. The summed E-state index contributed by atoms with van der Waals surface area (Å²) in [5.41, 5.74) is 0.800. The number of nitrogens with zero attached hydrogens (tertiary/aromatic N) is 1. The van der Waals surface area contributed by atoms with Gasteiger partial charge in [-0.2, -0.15) is 8.42 Å². The second kappa shape index (κ2) is 9.24. The van der Waals surface area contributed by atoms with E-state index in [-0.39, 0.29) is 10.7 Å². The van der Waals surface area contributed by atoms with Gasteiger partial charge in [-0.1, -0.05) is 24.3 Å². The Bertz CT molecular complexity index is 665. The Hall–Kier alpha value is -1.96. The van der Waals surface area contributed by atoms with Gasteiger partial charge in [0.1, 0.15) is 0 Å². The highest BCUT2D eigenvalue weighted by molar-refractivity contribution is 7.85. The van der Waals surface area contributed by atoms with Crippen molar-refractivity contribution in [3.05, 3.63) is 54.3 Å². The van der Waals surface area contributed by atoms with Crippen LogP contribution in [-0.4, -0.2) is 50.5 Å². The number of hydrogen-bond donors (Lipinski definition) is 1. The molecule has 0 saturated carbocycles. The van der Waals surface area contributed by atoms with E-state index in [1.54, 1.807) is 32.2 Å². The van der Waals surface area contributed by atoms with Crippen molar-refractivity contribution < 1.29 is 22.5 Å². The van der Waals surface area contributed by atoms with Crippen LogP contribution in [0.5, 0.6) is 0 Å². The van der Waals surface area contributed by atoms with Gasteiger partial charge in [-0.25, -0.2) is 0 Å². The maximum Gasteiger partial charge on any atom is 0.294 e. The van der Waals surface area contributed by atoms with Crippen molar-refractivity contribution in [1.29, 1.82) is 0 Å². The second-order valence-electron chi connectivity index (χ2n) is 4.81. The number of carbonyl (C=O) groups excluding carboxylic acids is 1. The van der Waals surface area contributed by atoms with Crippen LogP contribution < -0.4 is 0 Å². The van der Waals surface area contributed by atoms with Crippen molar-refractivity contribution in [3.8, 4) is 0 Å². The topological polar surface area (TPSA) is 83.9 Å². The predicted octanol–water partition coefficient (Wildman–Crippen LogP) is 1.91. The smallest absolute Gasteiger partial charge is 0.294 e. The molecule has 0 radical (unpaired) electrons. The Morgan fingerprint density at radius 2 is 1.96 bits per heavy atom. The molecule has 0 fully saturated rings. The number of ketones is 1. The van der Waals surface area contributed by atoms with Gasteiger partial charge in [-0.3, -0.25) is 9.35 Å². The molecule has 1 aliphatic rings. The van der Waals surface area contributed by atoms with Gasteiger partial charge in [-0.15, -0.1) is 0 Å². The van der Waals surface area contributed by atoms with Gasteiger partial charge in [0.2, 0.25) is 0 Å². The zero-order chi connectivity index (χ0) is 17.3. The molecule has 0 saturated heterocycles. The van der Waals surface area contributed by atoms with Gasteiger partial charge >= 0.3 is 0 Å². The zero-order valence-electron chi connectivity index (χ0n) is 13.2. The van der Waals surface area contributed by atoms with E-state index in [4.69, 9.17) is 9.29 Å². The quantitative estimate of drug-likeness (QED) is 0.825. The lowest BCUT2D eigenvalue weighted by atomic mass is 10.1. The van der Waals surface area contributed by atoms with Crippen molar-refractivity contribution in [3.63, 3.8) is 0 Å². The minimum absolute atomic E-state index is 0.0741. The number of hydrogen-bond acceptors (Lipinski definition) is 5. The van der Waals surface area contributed by atoms with Gasteiger partial charge < -0.3 is 9.64 Å². The molecule has 0 aromatic heterocycles. The minimum atomic E-state index is -4.00. The summed E-state index contributed by atoms with van der Waals surface area (Å²) in [6.07, 6.45) is 5.73. The summed E-state index contributed by atoms with van der Waals surface area (Å²) in [7, 11) is -2.32. The molecule has 1 aromatic carbocycles. The van der Waals surface area contributed by atoms with Gasteiger partial charge in [0.25, 0.3) is 10.1 Å². The van der Waals surface area contributed by atoms with Crippen LogP contribution in [0.2, 0.25) is 0 Å². The monoisotopic (exact) mass is 339 g/mol. The molecule has 0 aliphatic carbocycles. The van der Waals surface area contributed by atoms with Crippen LogP contribution in [-0.2, 0) is 19.6 Å². The first-order chi connectivity index (χ1) is 10.8. The molecule has 2 rings (SSSR count). The zero-order valence-corrected chi connectivity index (χ0v) is 14.0. The summed E-state index contributed by atoms with van der Waals surface area (Å²) in [6, 6.07) is 7.42. The van der Waals surface area contributed by atoms with Crippen LogP contribution in [0.15, 0.2) is 59.2 Å². The molecule has 0 spiro atoms. The van der Waals surface area contributed by atoms with E-state index in [9.17, 15) is 13.2 Å². The molecule has 1 aromatic rings. The number of ether oxygens (including phenoxy) is 1. The number of methoxy groups -OCH3 is 1. The van der Waals surface area contributed by atoms with Crippen LogP contribution >= 0.6 is 0 Å². The lowest BCUT2D eigenvalue weighted by molar-refractivity contribution is -0.113. The molecule has 7 heteroatoms. The van der Waals surface area contributed by atoms with E-state index < -0.39 is 10.1 Å². The summed E-state index contributed by atoms with van der Waals surface area (Å²) in [6.45, 7) is 3.97. The fourth-order valence-corrected chi connectivity index (χ4v) is 2.26. The van der Waals surface area contributed by atoms with E-state index in [0.29, 0.717) is 6.61 Å². The number of rotatable bonds is 5. The van der Waals surface area contributed by atoms with E-state index >= 15 is 0 Å². The Morgan fingerprint density at radius 1 is 1.30 bits per heavy atom. The number of allylic oxidation sites excluding steroid dienone is 2. The van der Waals surface area contributed by atoms with E-state index in [1.165, 1.54) is 12.1 Å². The highest BCUT2D eigenvalue weighted by Crippen LogP contribution is 2.07. The summed E-state index contributed by atoms with van der Waals surface area (Å²) < 4.78 is 34.2. The number of Topliss-reactive ketones (excluding diaryl/α,β-unsaturated/α-hetero) is 1. The summed E-state index contributed by atoms with van der Waals surface area (Å²) in [5.74, 6) is 0.127. The first-order valence-corrected chi connectivity index (χ1v) is 8.43. The first-order valence-electron chi connectivity index (χ1n) is 6.99. The maximum absolute atomic E-state index is 11.0. The highest BCUT2D eigenvalue weighted by atomic mass is 32.2. The summed E-state index contributed by atoms with van der Waals surface area (Å²) in [4.78, 5) is 13.0. The summed E-state index contributed by atoms with van der Waals surface area (Å²) >= 11 is 0. The van der Waals surface area contributed by atoms with Crippen LogP contribution in [0.3, 0.4) is 0 Å². The average Bonchev–Trinajstić information content (AvgIpc) is 2.54. The van der Waals surface area contributed by atoms with Crippen molar-refractivity contribution in [2.24, 2.45) is 0 Å². The minimum Gasteiger partial charge on any atom is -0.383 e. The molecule has 1 aliphatic heterocycles. The number of carbonyl (C=O) groups is 1. The molecular weight excluding hydrogens is 318 g/mol. The summed E-state index contributed by atoms with van der Waals surface area (Å²) in [5, 5.41) is 0. The third-order valence-electron chi connectivity index (χ3n) is 3.04. The normalized spacial score (nSPS) is 13.9. The standard InChI is InChI=1S/C10H15NO2.C6H6O3S/c1-9(12)10-3-5-11(6-4-10)7-8-13-2;7-10(8,9)6-4-2-1-3-5-6/h3-5H,6-8H2,1-2H3;1-5H,(H,7,8,9).